The number of likely N-dealkylation sites (tertiary alicyclic amines) is 1. The zero-order valence-electron chi connectivity index (χ0n) is 25.5. The molecule has 44 heavy (non-hydrogen) atoms. The molecule has 3 aliphatic heterocycles. The SMILES string of the molecule is COc1ccc(CCN2C(=O)C3C(C(=O)Nc4ccc(Cl)cc4)C4C=CC3(O4)C2C(=O)NC2CCCC(C)C2C)cc1OC. The average molecular weight is 622 g/mol. The molecule has 2 bridgehead atoms. The van der Waals surface area contributed by atoms with Crippen LogP contribution in [0.25, 0.3) is 0 Å². The van der Waals surface area contributed by atoms with E-state index >= 15 is 0 Å². The molecule has 3 amide bonds. The smallest absolute Gasteiger partial charge is 0.246 e. The molecule has 10 heteroatoms. The van der Waals surface area contributed by atoms with Crippen LogP contribution in [-0.2, 0) is 25.5 Å². The molecule has 2 saturated heterocycles. The Morgan fingerprint density at radius 2 is 1.80 bits per heavy atom. The highest BCUT2D eigenvalue weighted by Crippen LogP contribution is 2.55. The Morgan fingerprint density at radius 1 is 1.05 bits per heavy atom. The molecule has 1 aliphatic carbocycles. The molecule has 3 fully saturated rings. The first-order valence-electron chi connectivity index (χ1n) is 15.4. The van der Waals surface area contributed by atoms with Crippen molar-refractivity contribution in [1.82, 2.24) is 10.2 Å². The zero-order valence-corrected chi connectivity index (χ0v) is 26.3. The minimum Gasteiger partial charge on any atom is -0.493 e. The molecule has 0 aromatic heterocycles. The number of ether oxygens (including phenoxy) is 3. The molecule has 2 aromatic rings. The molecule has 3 heterocycles. The summed E-state index contributed by atoms with van der Waals surface area (Å²) < 4.78 is 17.4. The van der Waals surface area contributed by atoms with Crippen molar-refractivity contribution in [3.05, 3.63) is 65.2 Å². The van der Waals surface area contributed by atoms with Crippen molar-refractivity contribution < 1.29 is 28.6 Å². The molecule has 2 N–H and O–H groups in total. The fourth-order valence-corrected chi connectivity index (χ4v) is 7.73. The average Bonchev–Trinajstić information content (AvgIpc) is 3.66. The van der Waals surface area contributed by atoms with Crippen LogP contribution in [0.15, 0.2) is 54.6 Å². The summed E-state index contributed by atoms with van der Waals surface area (Å²) in [6, 6.07) is 11.6. The van der Waals surface area contributed by atoms with Crippen molar-refractivity contribution in [2.24, 2.45) is 23.7 Å². The molecule has 0 radical (unpaired) electrons. The highest BCUT2D eigenvalue weighted by atomic mass is 35.5. The van der Waals surface area contributed by atoms with Gasteiger partial charge in [-0.05, 0) is 66.6 Å². The summed E-state index contributed by atoms with van der Waals surface area (Å²) in [6.07, 6.45) is 6.63. The summed E-state index contributed by atoms with van der Waals surface area (Å²) in [6.45, 7) is 4.67. The van der Waals surface area contributed by atoms with Gasteiger partial charge >= 0.3 is 0 Å². The third kappa shape index (κ3) is 5.24. The highest BCUT2D eigenvalue weighted by Gasteiger charge is 2.72. The normalized spacial score (nSPS) is 32.0. The van der Waals surface area contributed by atoms with E-state index in [1.54, 1.807) is 43.4 Å². The van der Waals surface area contributed by atoms with Crippen LogP contribution in [-0.4, -0.2) is 67.2 Å². The van der Waals surface area contributed by atoms with Crippen LogP contribution in [0.4, 0.5) is 5.69 Å². The first-order valence-corrected chi connectivity index (χ1v) is 15.8. The molecule has 8 atom stereocenters. The van der Waals surface area contributed by atoms with Gasteiger partial charge in [0.05, 0.1) is 32.2 Å². The maximum Gasteiger partial charge on any atom is 0.246 e. The Kier molecular flexibility index (Phi) is 8.37. The molecule has 9 nitrogen and oxygen atoms in total. The molecule has 6 rings (SSSR count). The lowest BCUT2D eigenvalue weighted by Crippen LogP contribution is -2.58. The second kappa shape index (κ2) is 12.1. The largest absolute Gasteiger partial charge is 0.493 e. The maximum absolute atomic E-state index is 14.3. The summed E-state index contributed by atoms with van der Waals surface area (Å²) in [5.74, 6) is -0.406. The van der Waals surface area contributed by atoms with Crippen LogP contribution in [0.2, 0.25) is 5.02 Å². The molecule has 2 aromatic carbocycles. The second-order valence-corrected chi connectivity index (χ2v) is 13.0. The zero-order chi connectivity index (χ0) is 31.2. The fourth-order valence-electron chi connectivity index (χ4n) is 7.60. The van der Waals surface area contributed by atoms with E-state index < -0.39 is 29.6 Å². The van der Waals surface area contributed by atoms with Gasteiger partial charge in [0, 0.05) is 23.3 Å². The number of halogens is 1. The van der Waals surface area contributed by atoms with Gasteiger partial charge in [-0.2, -0.15) is 0 Å². The Labute approximate surface area is 263 Å². The number of hydrogen-bond donors (Lipinski definition) is 2. The summed E-state index contributed by atoms with van der Waals surface area (Å²) in [5, 5.41) is 6.80. The predicted octanol–water partition coefficient (Wildman–Crippen LogP) is 4.63. The van der Waals surface area contributed by atoms with Gasteiger partial charge in [-0.15, -0.1) is 0 Å². The summed E-state index contributed by atoms with van der Waals surface area (Å²) in [7, 11) is 3.16. The number of fused-ring (bicyclic) bond motifs is 1. The number of anilines is 1. The van der Waals surface area contributed by atoms with E-state index in [2.05, 4.69) is 24.5 Å². The molecular formula is C34H40ClN3O6. The van der Waals surface area contributed by atoms with Gasteiger partial charge in [-0.1, -0.05) is 56.5 Å². The van der Waals surface area contributed by atoms with Crippen molar-refractivity contribution in [2.75, 3.05) is 26.1 Å². The molecule has 8 unspecified atom stereocenters. The van der Waals surface area contributed by atoms with E-state index in [1.165, 1.54) is 0 Å². The number of nitrogens with zero attached hydrogens (tertiary/aromatic N) is 1. The van der Waals surface area contributed by atoms with E-state index in [-0.39, 0.29) is 30.3 Å². The number of rotatable bonds is 9. The van der Waals surface area contributed by atoms with Crippen molar-refractivity contribution in [2.45, 2.75) is 63.3 Å². The van der Waals surface area contributed by atoms with Crippen LogP contribution in [0.1, 0.15) is 38.7 Å². The minimum absolute atomic E-state index is 0.0103. The molecule has 1 spiro atoms. The monoisotopic (exact) mass is 621 g/mol. The van der Waals surface area contributed by atoms with Crippen LogP contribution in [0.5, 0.6) is 11.5 Å². The van der Waals surface area contributed by atoms with Crippen molar-refractivity contribution in [3.8, 4) is 11.5 Å². The van der Waals surface area contributed by atoms with Gasteiger partial charge in [-0.25, -0.2) is 0 Å². The van der Waals surface area contributed by atoms with Crippen molar-refractivity contribution >= 4 is 35.0 Å². The molecular weight excluding hydrogens is 582 g/mol. The summed E-state index contributed by atoms with van der Waals surface area (Å²) >= 11 is 6.03. The van der Waals surface area contributed by atoms with E-state index in [1.807, 2.05) is 30.4 Å². The number of carbonyl (C=O) groups is 3. The van der Waals surface area contributed by atoms with Crippen LogP contribution in [0.3, 0.4) is 0 Å². The van der Waals surface area contributed by atoms with E-state index in [9.17, 15) is 14.4 Å². The van der Waals surface area contributed by atoms with Gasteiger partial charge in [0.1, 0.15) is 11.6 Å². The third-order valence-electron chi connectivity index (χ3n) is 10.2. The summed E-state index contributed by atoms with van der Waals surface area (Å²) in [4.78, 5) is 44.0. The van der Waals surface area contributed by atoms with Crippen LogP contribution in [0, 0.1) is 23.7 Å². The Morgan fingerprint density at radius 3 is 2.52 bits per heavy atom. The standard InChI is InChI=1S/C34H40ClN3O6/c1-19-6-5-7-24(20(19)2)37-32(40)30-34-16-14-26(44-34)28(31(39)36-23-11-9-22(35)10-12-23)29(34)33(41)38(30)17-15-21-8-13-25(42-3)27(18-21)43-4/h8-14,16,18-20,24,26,28-30H,5-7,15,17H2,1-4H3,(H,36,39)(H,37,40). The Bertz CT molecular complexity index is 1460. The second-order valence-electron chi connectivity index (χ2n) is 12.6. The number of hydrogen-bond acceptors (Lipinski definition) is 6. The van der Waals surface area contributed by atoms with Crippen LogP contribution >= 0.6 is 11.6 Å². The van der Waals surface area contributed by atoms with Gasteiger partial charge < -0.3 is 29.7 Å². The minimum atomic E-state index is -1.23. The van der Waals surface area contributed by atoms with E-state index in [0.29, 0.717) is 40.5 Å². The van der Waals surface area contributed by atoms with Crippen molar-refractivity contribution in [3.63, 3.8) is 0 Å². The quantitative estimate of drug-likeness (QED) is 0.396. The summed E-state index contributed by atoms with van der Waals surface area (Å²) in [5.41, 5.74) is 0.275. The van der Waals surface area contributed by atoms with Gasteiger partial charge in [0.25, 0.3) is 0 Å². The van der Waals surface area contributed by atoms with Gasteiger partial charge in [-0.3, -0.25) is 14.4 Å². The molecule has 234 valence electrons. The Balaban J connectivity index is 1.30. The maximum atomic E-state index is 14.3. The first-order chi connectivity index (χ1) is 21.2. The Hall–Kier alpha value is -3.56. The van der Waals surface area contributed by atoms with Gasteiger partial charge in [0.2, 0.25) is 17.7 Å². The lowest BCUT2D eigenvalue weighted by Gasteiger charge is -2.38. The van der Waals surface area contributed by atoms with E-state index in [4.69, 9.17) is 25.8 Å². The lowest BCUT2D eigenvalue weighted by atomic mass is 9.73. The third-order valence-corrected chi connectivity index (χ3v) is 10.4. The number of methoxy groups -OCH3 is 2. The first kappa shape index (κ1) is 30.5. The topological polar surface area (TPSA) is 106 Å². The number of benzene rings is 2. The van der Waals surface area contributed by atoms with Crippen LogP contribution < -0.4 is 20.1 Å². The van der Waals surface area contributed by atoms with Crippen molar-refractivity contribution in [1.29, 1.82) is 0 Å². The van der Waals surface area contributed by atoms with Gasteiger partial charge in [0.15, 0.2) is 11.5 Å². The number of amides is 3. The van der Waals surface area contributed by atoms with E-state index in [0.717, 1.165) is 24.8 Å². The predicted molar refractivity (Wildman–Crippen MR) is 167 cm³/mol. The number of nitrogens with one attached hydrogen (secondary N) is 2. The molecule has 1 saturated carbocycles. The lowest BCUT2D eigenvalue weighted by molar-refractivity contribution is -0.141. The fraction of sp³-hybridized carbons (Fsp3) is 0.500. The molecule has 4 aliphatic rings. The number of carbonyl (C=O) groups excluding carboxylic acids is 3. The highest BCUT2D eigenvalue weighted by molar-refractivity contribution is 6.30.